The Balaban J connectivity index is 1.69. The lowest BCUT2D eigenvalue weighted by molar-refractivity contribution is -0.133. The molecule has 142 valence electrons. The number of amides is 2. The zero-order chi connectivity index (χ0) is 19.6. The Morgan fingerprint density at radius 3 is 2.70 bits per heavy atom. The van der Waals surface area contributed by atoms with Crippen molar-refractivity contribution in [2.75, 3.05) is 6.54 Å². The summed E-state index contributed by atoms with van der Waals surface area (Å²) >= 11 is 0. The lowest BCUT2D eigenvalue weighted by Gasteiger charge is -2.36. The first-order chi connectivity index (χ1) is 12.9. The summed E-state index contributed by atoms with van der Waals surface area (Å²) in [7, 11) is 0. The minimum Gasteiger partial charge on any atom is -0.478 e. The number of rotatable bonds is 5. The van der Waals surface area contributed by atoms with Crippen molar-refractivity contribution < 1.29 is 23.9 Å². The van der Waals surface area contributed by atoms with Gasteiger partial charge < -0.3 is 19.7 Å². The smallest absolute Gasteiger partial charge is 0.339 e. The van der Waals surface area contributed by atoms with Crippen LogP contribution < -0.4 is 5.32 Å². The maximum Gasteiger partial charge on any atom is 0.339 e. The Labute approximate surface area is 157 Å². The normalized spacial score (nSPS) is 15.9. The van der Waals surface area contributed by atoms with Crippen LogP contribution in [-0.2, 0) is 22.6 Å². The maximum absolute atomic E-state index is 12.5. The molecule has 1 aliphatic heterocycles. The van der Waals surface area contributed by atoms with E-state index in [4.69, 9.17) is 9.52 Å². The second-order valence-electron chi connectivity index (χ2n) is 6.65. The first-order valence-corrected chi connectivity index (χ1v) is 8.81. The van der Waals surface area contributed by atoms with Crippen molar-refractivity contribution in [3.8, 4) is 0 Å². The molecule has 7 nitrogen and oxygen atoms in total. The van der Waals surface area contributed by atoms with Gasteiger partial charge in [0.15, 0.2) is 0 Å². The van der Waals surface area contributed by atoms with Gasteiger partial charge in [-0.05, 0) is 30.5 Å². The molecular formula is C20H22N2O5. The standard InChI is InChI=1S/C20H22N2O5/c1-12-17(20(25)26)9-15(27-12)11-21-19(24)10-18-16-6-4-3-5-14(16)7-8-22(18)13(2)23/h3-6,9,18H,7-8,10-11H2,1-2H3,(H,21,24)(H,25,26). The van der Waals surface area contributed by atoms with Crippen LogP contribution in [0.2, 0.25) is 0 Å². The van der Waals surface area contributed by atoms with Crippen molar-refractivity contribution in [2.45, 2.75) is 39.3 Å². The second-order valence-corrected chi connectivity index (χ2v) is 6.65. The summed E-state index contributed by atoms with van der Waals surface area (Å²) in [5.41, 5.74) is 2.24. The SMILES string of the molecule is CC(=O)N1CCc2ccccc2C1CC(=O)NCc1cc(C(=O)O)c(C)o1. The summed E-state index contributed by atoms with van der Waals surface area (Å²) in [4.78, 5) is 37.3. The average molecular weight is 370 g/mol. The third-order valence-electron chi connectivity index (χ3n) is 4.85. The molecule has 3 rings (SSSR count). The molecule has 1 aromatic carbocycles. The van der Waals surface area contributed by atoms with E-state index in [2.05, 4.69) is 5.32 Å². The summed E-state index contributed by atoms with van der Waals surface area (Å²) in [5.74, 6) is -0.671. The van der Waals surface area contributed by atoms with E-state index in [9.17, 15) is 14.4 Å². The molecule has 2 aromatic rings. The van der Waals surface area contributed by atoms with E-state index in [1.807, 2.05) is 24.3 Å². The molecule has 2 N–H and O–H groups in total. The molecule has 1 aliphatic rings. The van der Waals surface area contributed by atoms with Gasteiger partial charge in [0.05, 0.1) is 19.0 Å². The summed E-state index contributed by atoms with van der Waals surface area (Å²) in [6, 6.07) is 8.95. The fraction of sp³-hybridized carbons (Fsp3) is 0.350. The van der Waals surface area contributed by atoms with Crippen LogP contribution in [0, 0.1) is 6.92 Å². The highest BCUT2D eigenvalue weighted by Crippen LogP contribution is 2.32. The first kappa shape index (κ1) is 18.7. The largest absolute Gasteiger partial charge is 0.478 e. The van der Waals surface area contributed by atoms with E-state index in [0.717, 1.165) is 17.5 Å². The minimum absolute atomic E-state index is 0.0601. The van der Waals surface area contributed by atoms with Crippen LogP contribution in [-0.4, -0.2) is 34.3 Å². The number of carboxylic acid groups (broad SMARTS) is 1. The van der Waals surface area contributed by atoms with Gasteiger partial charge in [-0.1, -0.05) is 24.3 Å². The quantitative estimate of drug-likeness (QED) is 0.842. The molecule has 0 radical (unpaired) electrons. The summed E-state index contributed by atoms with van der Waals surface area (Å²) in [6.45, 7) is 3.77. The molecule has 1 aromatic heterocycles. The van der Waals surface area contributed by atoms with Gasteiger partial charge >= 0.3 is 5.97 Å². The van der Waals surface area contributed by atoms with E-state index >= 15 is 0 Å². The van der Waals surface area contributed by atoms with Crippen molar-refractivity contribution in [1.29, 1.82) is 0 Å². The molecule has 0 saturated carbocycles. The summed E-state index contributed by atoms with van der Waals surface area (Å²) in [5, 5.41) is 11.8. The highest BCUT2D eigenvalue weighted by atomic mass is 16.4. The maximum atomic E-state index is 12.5. The Bertz CT molecular complexity index is 886. The Kier molecular flexibility index (Phi) is 5.30. The molecule has 1 unspecified atom stereocenters. The number of furan rings is 1. The van der Waals surface area contributed by atoms with E-state index in [1.54, 1.807) is 11.8 Å². The lowest BCUT2D eigenvalue weighted by atomic mass is 9.90. The van der Waals surface area contributed by atoms with Crippen LogP contribution in [0.15, 0.2) is 34.7 Å². The average Bonchev–Trinajstić information content (AvgIpc) is 3.01. The van der Waals surface area contributed by atoms with E-state index < -0.39 is 5.97 Å². The van der Waals surface area contributed by atoms with Crippen LogP contribution in [0.4, 0.5) is 0 Å². The van der Waals surface area contributed by atoms with Crippen LogP contribution in [0.25, 0.3) is 0 Å². The van der Waals surface area contributed by atoms with Crippen LogP contribution in [0.5, 0.6) is 0 Å². The third kappa shape index (κ3) is 4.02. The highest BCUT2D eigenvalue weighted by Gasteiger charge is 2.30. The zero-order valence-electron chi connectivity index (χ0n) is 15.3. The molecular weight excluding hydrogens is 348 g/mol. The number of aromatic carboxylic acids is 1. The van der Waals surface area contributed by atoms with Gasteiger partial charge in [0, 0.05) is 13.5 Å². The number of aryl methyl sites for hydroxylation is 1. The molecule has 0 aliphatic carbocycles. The predicted octanol–water partition coefficient (Wildman–Crippen LogP) is 2.44. The summed E-state index contributed by atoms with van der Waals surface area (Å²) < 4.78 is 5.37. The fourth-order valence-corrected chi connectivity index (χ4v) is 3.53. The molecule has 27 heavy (non-hydrogen) atoms. The number of carbonyl (C=O) groups excluding carboxylic acids is 2. The van der Waals surface area contributed by atoms with Crippen molar-refractivity contribution >= 4 is 17.8 Å². The van der Waals surface area contributed by atoms with E-state index in [0.29, 0.717) is 18.1 Å². The molecule has 0 spiro atoms. The Morgan fingerprint density at radius 1 is 1.30 bits per heavy atom. The molecule has 7 heteroatoms. The van der Waals surface area contributed by atoms with Gasteiger partial charge in [-0.25, -0.2) is 4.79 Å². The molecule has 1 atom stereocenters. The first-order valence-electron chi connectivity index (χ1n) is 8.81. The van der Waals surface area contributed by atoms with Gasteiger partial charge in [-0.2, -0.15) is 0 Å². The number of carbonyl (C=O) groups is 3. The number of benzene rings is 1. The number of nitrogens with one attached hydrogen (secondary N) is 1. The predicted molar refractivity (Wildman–Crippen MR) is 97.1 cm³/mol. The van der Waals surface area contributed by atoms with Crippen molar-refractivity contribution in [3.63, 3.8) is 0 Å². The monoisotopic (exact) mass is 370 g/mol. The Morgan fingerprint density at radius 2 is 2.04 bits per heavy atom. The molecule has 0 fully saturated rings. The number of nitrogens with zero attached hydrogens (tertiary/aromatic N) is 1. The van der Waals surface area contributed by atoms with Crippen molar-refractivity contribution in [3.05, 3.63) is 58.5 Å². The molecule has 2 amide bonds. The number of hydrogen-bond donors (Lipinski definition) is 2. The van der Waals surface area contributed by atoms with E-state index in [1.165, 1.54) is 13.0 Å². The number of carboxylic acids is 1. The van der Waals surface area contributed by atoms with Gasteiger partial charge in [-0.3, -0.25) is 9.59 Å². The van der Waals surface area contributed by atoms with Gasteiger partial charge in [0.1, 0.15) is 17.1 Å². The van der Waals surface area contributed by atoms with Crippen molar-refractivity contribution in [2.24, 2.45) is 0 Å². The van der Waals surface area contributed by atoms with Crippen LogP contribution >= 0.6 is 0 Å². The van der Waals surface area contributed by atoms with E-state index in [-0.39, 0.29) is 36.4 Å². The topological polar surface area (TPSA) is 99.9 Å². The number of fused-ring (bicyclic) bond motifs is 1. The Hall–Kier alpha value is -3.09. The fourth-order valence-electron chi connectivity index (χ4n) is 3.53. The lowest BCUT2D eigenvalue weighted by Crippen LogP contribution is -2.41. The highest BCUT2D eigenvalue weighted by molar-refractivity contribution is 5.88. The molecule has 0 saturated heterocycles. The van der Waals surface area contributed by atoms with Crippen LogP contribution in [0.1, 0.15) is 52.4 Å². The number of hydrogen-bond acceptors (Lipinski definition) is 4. The second kappa shape index (κ2) is 7.65. The van der Waals surface area contributed by atoms with Crippen molar-refractivity contribution in [1.82, 2.24) is 10.2 Å². The van der Waals surface area contributed by atoms with Gasteiger partial charge in [0.25, 0.3) is 0 Å². The zero-order valence-corrected chi connectivity index (χ0v) is 15.3. The molecule has 0 bridgehead atoms. The molecule has 2 heterocycles. The summed E-state index contributed by atoms with van der Waals surface area (Å²) in [6.07, 6.45) is 0.916. The van der Waals surface area contributed by atoms with Gasteiger partial charge in [0.2, 0.25) is 11.8 Å². The third-order valence-corrected chi connectivity index (χ3v) is 4.85. The van der Waals surface area contributed by atoms with Crippen LogP contribution in [0.3, 0.4) is 0 Å². The van der Waals surface area contributed by atoms with Gasteiger partial charge in [-0.15, -0.1) is 0 Å². The minimum atomic E-state index is -1.07.